The lowest BCUT2D eigenvalue weighted by Crippen LogP contribution is -2.66. The maximum absolute atomic E-state index is 13.7. The summed E-state index contributed by atoms with van der Waals surface area (Å²) in [6, 6.07) is 13.3. The van der Waals surface area contributed by atoms with Gasteiger partial charge in [-0.05, 0) is 55.5 Å². The van der Waals surface area contributed by atoms with Crippen LogP contribution < -0.4 is 0 Å². The van der Waals surface area contributed by atoms with Crippen LogP contribution in [0.1, 0.15) is 66.6 Å². The molecule has 3 aliphatic rings. The van der Waals surface area contributed by atoms with E-state index in [1.807, 2.05) is 24.3 Å². The topological polar surface area (TPSA) is 105 Å². The van der Waals surface area contributed by atoms with E-state index in [0.717, 1.165) is 43.4 Å². The van der Waals surface area contributed by atoms with Crippen LogP contribution in [0.3, 0.4) is 0 Å². The lowest BCUT2D eigenvalue weighted by atomic mass is 9.70. The van der Waals surface area contributed by atoms with Crippen molar-refractivity contribution < 1.29 is 41.8 Å². The van der Waals surface area contributed by atoms with E-state index in [0.29, 0.717) is 24.9 Å². The zero-order valence-corrected chi connectivity index (χ0v) is 27.5. The molecule has 1 saturated carbocycles. The number of carboxylic acid groups (broad SMARTS) is 1. The molecule has 1 N–H and O–H groups in total. The summed E-state index contributed by atoms with van der Waals surface area (Å²) in [5.74, 6) is -2.76. The fourth-order valence-corrected chi connectivity index (χ4v) is 7.55. The van der Waals surface area contributed by atoms with Crippen molar-refractivity contribution >= 4 is 17.8 Å². The first kappa shape index (κ1) is 34.6. The Morgan fingerprint density at radius 2 is 1.65 bits per heavy atom. The molecular formula is C36H40F4N4O5. The molecule has 2 saturated heterocycles. The standard InChI is InChI=1S/C36H40F4N4O5/c1-33(2,36(38,39)40)31(46)43-22-34(23-43)21-42(30(45)26-15-41-44(17-26)16-24-8-10-29(37)11-9-24)18-28(34)20-49-19-25-6-5-7-27(14-25)35(32(47)48)12-3-4-13-35/h5-11,14-15,17,28H,3-4,12-13,16,18-23H2,1-2H3,(H,47,48)/t28-/m0/s1. The molecule has 0 radical (unpaired) electrons. The van der Waals surface area contributed by atoms with Crippen molar-refractivity contribution in [3.63, 3.8) is 0 Å². The molecule has 1 aromatic heterocycles. The zero-order valence-electron chi connectivity index (χ0n) is 27.5. The number of halogens is 4. The third kappa shape index (κ3) is 6.56. The molecule has 1 aliphatic carbocycles. The molecule has 0 bridgehead atoms. The predicted molar refractivity (Wildman–Crippen MR) is 170 cm³/mol. The van der Waals surface area contributed by atoms with Gasteiger partial charge in [-0.2, -0.15) is 18.3 Å². The Kier molecular flexibility index (Phi) is 9.10. The molecule has 0 unspecified atom stereocenters. The maximum atomic E-state index is 13.7. The quantitative estimate of drug-likeness (QED) is 0.276. The second-order valence-corrected chi connectivity index (χ2v) is 14.4. The number of aromatic nitrogens is 2. The van der Waals surface area contributed by atoms with Gasteiger partial charge in [0, 0.05) is 43.7 Å². The summed E-state index contributed by atoms with van der Waals surface area (Å²) in [4.78, 5) is 41.8. The molecule has 3 aromatic rings. The Balaban J connectivity index is 1.16. The molecular weight excluding hydrogens is 644 g/mol. The van der Waals surface area contributed by atoms with Gasteiger partial charge in [0.25, 0.3) is 5.91 Å². The first-order valence-electron chi connectivity index (χ1n) is 16.5. The lowest BCUT2D eigenvalue weighted by Gasteiger charge is -2.52. The van der Waals surface area contributed by atoms with Gasteiger partial charge in [-0.1, -0.05) is 49.2 Å². The normalized spacial score (nSPS) is 20.1. The Morgan fingerprint density at radius 3 is 2.31 bits per heavy atom. The van der Waals surface area contributed by atoms with Crippen molar-refractivity contribution in [1.82, 2.24) is 19.6 Å². The molecule has 3 fully saturated rings. The van der Waals surface area contributed by atoms with E-state index >= 15 is 0 Å². The average molecular weight is 685 g/mol. The van der Waals surface area contributed by atoms with Crippen LogP contribution >= 0.6 is 0 Å². The van der Waals surface area contributed by atoms with Crippen LogP contribution in [0.5, 0.6) is 0 Å². The highest BCUT2D eigenvalue weighted by Crippen LogP contribution is 2.48. The van der Waals surface area contributed by atoms with Gasteiger partial charge in [0.2, 0.25) is 5.91 Å². The number of benzene rings is 2. The number of carbonyl (C=O) groups excluding carboxylic acids is 2. The van der Waals surface area contributed by atoms with Crippen molar-refractivity contribution in [2.45, 2.75) is 64.3 Å². The fourth-order valence-electron chi connectivity index (χ4n) is 7.55. The number of rotatable bonds is 10. The van der Waals surface area contributed by atoms with Crippen molar-refractivity contribution in [3.8, 4) is 0 Å². The van der Waals surface area contributed by atoms with Crippen LogP contribution in [0, 0.1) is 22.6 Å². The summed E-state index contributed by atoms with van der Waals surface area (Å²) in [6.45, 7) is 3.08. The average Bonchev–Trinajstić information content (AvgIpc) is 3.80. The summed E-state index contributed by atoms with van der Waals surface area (Å²) in [5.41, 5.74) is -1.44. The van der Waals surface area contributed by atoms with Crippen LogP contribution in [0.15, 0.2) is 60.9 Å². The van der Waals surface area contributed by atoms with Gasteiger partial charge in [-0.25, -0.2) is 4.39 Å². The second kappa shape index (κ2) is 12.9. The summed E-state index contributed by atoms with van der Waals surface area (Å²) >= 11 is 0. The molecule has 262 valence electrons. The molecule has 1 spiro atoms. The minimum atomic E-state index is -4.71. The van der Waals surface area contributed by atoms with Gasteiger partial charge in [0.05, 0.1) is 36.9 Å². The van der Waals surface area contributed by atoms with Crippen molar-refractivity contribution in [2.75, 3.05) is 32.8 Å². The minimum absolute atomic E-state index is 0.0591. The molecule has 2 aromatic carbocycles. The summed E-state index contributed by atoms with van der Waals surface area (Å²) in [5, 5.41) is 14.3. The molecule has 13 heteroatoms. The number of likely N-dealkylation sites (tertiary alicyclic amines) is 2. The maximum Gasteiger partial charge on any atom is 0.402 e. The number of aliphatic carboxylic acids is 1. The van der Waals surface area contributed by atoms with E-state index in [9.17, 15) is 37.1 Å². The Morgan fingerprint density at radius 1 is 0.980 bits per heavy atom. The van der Waals surface area contributed by atoms with E-state index < -0.39 is 34.3 Å². The number of ether oxygens (including phenoxy) is 1. The monoisotopic (exact) mass is 684 g/mol. The molecule has 1 atom stereocenters. The van der Waals surface area contributed by atoms with Gasteiger partial charge in [0.1, 0.15) is 11.2 Å². The first-order chi connectivity index (χ1) is 23.1. The third-order valence-electron chi connectivity index (χ3n) is 10.7. The lowest BCUT2D eigenvalue weighted by molar-refractivity contribution is -0.223. The first-order valence-corrected chi connectivity index (χ1v) is 16.5. The van der Waals surface area contributed by atoms with Gasteiger partial charge < -0.3 is 19.6 Å². The smallest absolute Gasteiger partial charge is 0.402 e. The molecule has 49 heavy (non-hydrogen) atoms. The number of amides is 2. The van der Waals surface area contributed by atoms with Crippen LogP contribution in [0.2, 0.25) is 0 Å². The van der Waals surface area contributed by atoms with Gasteiger partial charge in [0.15, 0.2) is 0 Å². The second-order valence-electron chi connectivity index (χ2n) is 14.4. The number of nitrogens with zero attached hydrogens (tertiary/aromatic N) is 4. The number of alkyl halides is 3. The van der Waals surface area contributed by atoms with Crippen molar-refractivity contribution in [3.05, 3.63) is 89.0 Å². The van der Waals surface area contributed by atoms with Gasteiger partial charge in [-0.3, -0.25) is 19.1 Å². The third-order valence-corrected chi connectivity index (χ3v) is 10.7. The van der Waals surface area contributed by atoms with E-state index in [2.05, 4.69) is 5.10 Å². The number of carboxylic acids is 1. The van der Waals surface area contributed by atoms with Gasteiger partial charge >= 0.3 is 12.1 Å². The van der Waals surface area contributed by atoms with Crippen molar-refractivity contribution in [2.24, 2.45) is 16.7 Å². The number of hydrogen-bond donors (Lipinski definition) is 1. The molecule has 3 heterocycles. The fraction of sp³-hybridized carbons (Fsp3) is 0.500. The van der Waals surface area contributed by atoms with E-state index in [4.69, 9.17) is 4.74 Å². The molecule has 9 nitrogen and oxygen atoms in total. The summed E-state index contributed by atoms with van der Waals surface area (Å²) in [7, 11) is 0. The minimum Gasteiger partial charge on any atom is -0.481 e. The predicted octanol–water partition coefficient (Wildman–Crippen LogP) is 5.67. The molecule has 6 rings (SSSR count). The van der Waals surface area contributed by atoms with Crippen LogP contribution in [0.4, 0.5) is 17.6 Å². The van der Waals surface area contributed by atoms with Crippen LogP contribution in [-0.4, -0.2) is 81.4 Å². The highest BCUT2D eigenvalue weighted by Gasteiger charge is 2.61. The van der Waals surface area contributed by atoms with Crippen molar-refractivity contribution in [1.29, 1.82) is 0 Å². The molecule has 2 amide bonds. The SMILES string of the molecule is CC(C)(C(=O)N1CC2(CN(C(=O)c3cnn(Cc4ccc(F)cc4)c3)C[C@H]2COCc2cccc(C3(C(=O)O)CCCC3)c2)C1)C(F)(F)F. The Bertz CT molecular complexity index is 1710. The van der Waals surface area contributed by atoms with Gasteiger partial charge in [-0.15, -0.1) is 0 Å². The number of carbonyl (C=O) groups is 3. The summed E-state index contributed by atoms with van der Waals surface area (Å²) < 4.78 is 62.2. The van der Waals surface area contributed by atoms with E-state index in [1.54, 1.807) is 27.9 Å². The Labute approximate surface area is 281 Å². The van der Waals surface area contributed by atoms with E-state index in [1.165, 1.54) is 23.2 Å². The highest BCUT2D eigenvalue weighted by molar-refractivity contribution is 5.94. The van der Waals surface area contributed by atoms with Crippen LogP contribution in [-0.2, 0) is 32.9 Å². The van der Waals surface area contributed by atoms with Crippen LogP contribution in [0.25, 0.3) is 0 Å². The highest BCUT2D eigenvalue weighted by atomic mass is 19.4. The zero-order chi connectivity index (χ0) is 35.2. The number of hydrogen-bond acceptors (Lipinski definition) is 5. The summed E-state index contributed by atoms with van der Waals surface area (Å²) in [6.07, 6.45) is 1.19. The molecule has 2 aliphatic heterocycles. The largest absolute Gasteiger partial charge is 0.481 e. The Hall–Kier alpha value is -4.26. The van der Waals surface area contributed by atoms with E-state index in [-0.39, 0.29) is 57.0 Å².